The molecular weight excluding hydrogens is 304 g/mol. The van der Waals surface area contributed by atoms with Crippen LogP contribution in [-0.4, -0.2) is 21.0 Å². The molecule has 3 aromatic rings. The molecule has 24 heavy (non-hydrogen) atoms. The van der Waals surface area contributed by atoms with Gasteiger partial charge in [0.05, 0.1) is 11.3 Å². The lowest BCUT2D eigenvalue weighted by atomic mass is 10.0. The summed E-state index contributed by atoms with van der Waals surface area (Å²) in [6.45, 7) is 1.70. The fourth-order valence-electron chi connectivity index (χ4n) is 2.36. The zero-order valence-electron chi connectivity index (χ0n) is 13.0. The van der Waals surface area contributed by atoms with Gasteiger partial charge in [-0.1, -0.05) is 24.3 Å². The number of anilines is 2. The molecule has 2 aromatic carbocycles. The number of phenols is 1. The van der Waals surface area contributed by atoms with E-state index in [1.54, 1.807) is 25.1 Å². The average molecular weight is 320 g/mol. The summed E-state index contributed by atoms with van der Waals surface area (Å²) in [5.41, 5.74) is 8.71. The number of hydrogen-bond donors (Lipinski definition) is 3. The van der Waals surface area contributed by atoms with Crippen LogP contribution in [0.4, 0.5) is 11.6 Å². The van der Waals surface area contributed by atoms with Gasteiger partial charge < -0.3 is 16.2 Å². The molecular formula is C18H16N4O2. The minimum atomic E-state index is -0.551. The summed E-state index contributed by atoms with van der Waals surface area (Å²) >= 11 is 0. The number of aryl methyl sites for hydroxylation is 1. The maximum Gasteiger partial charge on any atom is 0.252 e. The smallest absolute Gasteiger partial charge is 0.252 e. The van der Waals surface area contributed by atoms with Crippen molar-refractivity contribution in [1.29, 1.82) is 0 Å². The normalized spacial score (nSPS) is 10.4. The molecule has 0 aliphatic rings. The van der Waals surface area contributed by atoms with Crippen molar-refractivity contribution in [3.8, 4) is 16.9 Å². The number of primary amides is 1. The summed E-state index contributed by atoms with van der Waals surface area (Å²) in [4.78, 5) is 19.6. The van der Waals surface area contributed by atoms with Crippen LogP contribution in [-0.2, 0) is 0 Å². The molecule has 6 heteroatoms. The van der Waals surface area contributed by atoms with Crippen molar-refractivity contribution in [2.75, 3.05) is 5.32 Å². The lowest BCUT2D eigenvalue weighted by molar-refractivity contribution is 0.0999. The third-order valence-electron chi connectivity index (χ3n) is 3.54. The van der Waals surface area contributed by atoms with Crippen molar-refractivity contribution in [2.45, 2.75) is 6.92 Å². The molecule has 0 aliphatic heterocycles. The second-order valence-corrected chi connectivity index (χ2v) is 5.31. The molecule has 0 bridgehead atoms. The number of rotatable bonds is 4. The highest BCUT2D eigenvalue weighted by Crippen LogP contribution is 2.26. The van der Waals surface area contributed by atoms with E-state index in [2.05, 4.69) is 15.3 Å². The summed E-state index contributed by atoms with van der Waals surface area (Å²) < 4.78 is 0. The largest absolute Gasteiger partial charge is 0.508 e. The average Bonchev–Trinajstić information content (AvgIpc) is 2.55. The van der Waals surface area contributed by atoms with Crippen LogP contribution in [0.15, 0.2) is 54.7 Å². The van der Waals surface area contributed by atoms with Gasteiger partial charge in [0.15, 0.2) is 0 Å². The summed E-state index contributed by atoms with van der Waals surface area (Å²) in [5.74, 6) is 0.0438. The molecule has 0 saturated carbocycles. The van der Waals surface area contributed by atoms with Gasteiger partial charge in [0.2, 0.25) is 5.95 Å². The first kappa shape index (κ1) is 15.5. The molecule has 0 saturated heterocycles. The molecule has 0 radical (unpaired) electrons. The van der Waals surface area contributed by atoms with E-state index in [-0.39, 0.29) is 5.75 Å². The van der Waals surface area contributed by atoms with E-state index in [1.165, 1.54) is 6.20 Å². The van der Waals surface area contributed by atoms with Crippen molar-refractivity contribution in [3.05, 3.63) is 66.0 Å². The highest BCUT2D eigenvalue weighted by molar-refractivity contribution is 5.93. The molecule has 0 spiro atoms. The second kappa shape index (κ2) is 6.37. The number of aromatic nitrogens is 2. The predicted molar refractivity (Wildman–Crippen MR) is 92.1 cm³/mol. The molecule has 0 unspecified atom stereocenters. The lowest BCUT2D eigenvalue weighted by Gasteiger charge is -2.09. The van der Waals surface area contributed by atoms with Crippen molar-refractivity contribution in [3.63, 3.8) is 0 Å². The molecule has 120 valence electrons. The Morgan fingerprint density at radius 2 is 1.83 bits per heavy atom. The van der Waals surface area contributed by atoms with Gasteiger partial charge >= 0.3 is 0 Å². The van der Waals surface area contributed by atoms with Crippen LogP contribution in [0.1, 0.15) is 16.1 Å². The first-order chi connectivity index (χ1) is 11.5. The Balaban J connectivity index is 1.87. The minimum Gasteiger partial charge on any atom is -0.508 e. The van der Waals surface area contributed by atoms with E-state index < -0.39 is 5.91 Å². The number of hydrogen-bond acceptors (Lipinski definition) is 5. The SMILES string of the molecule is Cc1nc(Nc2cccc(-c3cccc(O)c3)c2)ncc1C(N)=O. The Hall–Kier alpha value is -3.41. The lowest BCUT2D eigenvalue weighted by Crippen LogP contribution is -2.14. The van der Waals surface area contributed by atoms with Crippen LogP contribution >= 0.6 is 0 Å². The van der Waals surface area contributed by atoms with Crippen LogP contribution in [0.5, 0.6) is 5.75 Å². The molecule has 0 fully saturated rings. The van der Waals surface area contributed by atoms with Crippen LogP contribution in [0.2, 0.25) is 0 Å². The Morgan fingerprint density at radius 3 is 2.50 bits per heavy atom. The first-order valence-corrected chi connectivity index (χ1v) is 7.33. The van der Waals surface area contributed by atoms with Crippen LogP contribution in [0, 0.1) is 6.92 Å². The number of carbonyl (C=O) groups excluding carboxylic acids is 1. The zero-order valence-corrected chi connectivity index (χ0v) is 13.0. The number of nitrogens with zero attached hydrogens (tertiary/aromatic N) is 2. The van der Waals surface area contributed by atoms with Gasteiger partial charge in [-0.15, -0.1) is 0 Å². The topological polar surface area (TPSA) is 101 Å². The fraction of sp³-hybridized carbons (Fsp3) is 0.0556. The fourth-order valence-corrected chi connectivity index (χ4v) is 2.36. The summed E-state index contributed by atoms with van der Waals surface area (Å²) in [5, 5.41) is 12.7. The van der Waals surface area contributed by atoms with Gasteiger partial charge in [0.1, 0.15) is 5.75 Å². The summed E-state index contributed by atoms with van der Waals surface area (Å²) in [6.07, 6.45) is 1.41. The molecule has 3 rings (SSSR count). The van der Waals surface area contributed by atoms with Gasteiger partial charge in [0, 0.05) is 11.9 Å². The predicted octanol–water partition coefficient (Wildman–Crippen LogP) is 3.00. The Labute approximate surface area is 139 Å². The number of aromatic hydroxyl groups is 1. The van der Waals surface area contributed by atoms with Crippen molar-refractivity contribution >= 4 is 17.5 Å². The monoisotopic (exact) mass is 320 g/mol. The van der Waals surface area contributed by atoms with Crippen LogP contribution in [0.3, 0.4) is 0 Å². The van der Waals surface area contributed by atoms with Crippen LogP contribution < -0.4 is 11.1 Å². The molecule has 1 aromatic heterocycles. The highest BCUT2D eigenvalue weighted by atomic mass is 16.3. The third-order valence-corrected chi connectivity index (χ3v) is 3.54. The van der Waals surface area contributed by atoms with Gasteiger partial charge in [-0.2, -0.15) is 0 Å². The molecule has 1 heterocycles. The van der Waals surface area contributed by atoms with Gasteiger partial charge in [-0.05, 0) is 42.3 Å². The Bertz CT molecular complexity index is 909. The molecule has 6 nitrogen and oxygen atoms in total. The number of phenolic OH excluding ortho intramolecular Hbond substituents is 1. The van der Waals surface area contributed by atoms with E-state index in [1.807, 2.05) is 30.3 Å². The van der Waals surface area contributed by atoms with E-state index >= 15 is 0 Å². The summed E-state index contributed by atoms with van der Waals surface area (Å²) in [6, 6.07) is 14.7. The first-order valence-electron chi connectivity index (χ1n) is 7.33. The van der Waals surface area contributed by atoms with Crippen molar-refractivity contribution < 1.29 is 9.90 Å². The zero-order chi connectivity index (χ0) is 17.1. The molecule has 4 N–H and O–H groups in total. The summed E-state index contributed by atoms with van der Waals surface area (Å²) in [7, 11) is 0. The van der Waals surface area contributed by atoms with Gasteiger partial charge in [0.25, 0.3) is 5.91 Å². The van der Waals surface area contributed by atoms with Crippen LogP contribution in [0.25, 0.3) is 11.1 Å². The molecule has 0 aliphatic carbocycles. The van der Waals surface area contributed by atoms with Gasteiger partial charge in [-0.25, -0.2) is 9.97 Å². The van der Waals surface area contributed by atoms with E-state index in [0.717, 1.165) is 16.8 Å². The number of carbonyl (C=O) groups is 1. The number of nitrogens with one attached hydrogen (secondary N) is 1. The van der Waals surface area contributed by atoms with E-state index in [0.29, 0.717) is 17.2 Å². The third kappa shape index (κ3) is 3.33. The maximum absolute atomic E-state index is 11.2. The Kier molecular flexibility index (Phi) is 4.11. The number of amides is 1. The Morgan fingerprint density at radius 1 is 1.12 bits per heavy atom. The van der Waals surface area contributed by atoms with Gasteiger partial charge in [-0.3, -0.25) is 4.79 Å². The molecule has 1 amide bonds. The number of benzene rings is 2. The maximum atomic E-state index is 11.2. The number of nitrogens with two attached hydrogens (primary N) is 1. The quantitative estimate of drug-likeness (QED) is 0.686. The molecule has 0 atom stereocenters. The van der Waals surface area contributed by atoms with E-state index in [9.17, 15) is 9.90 Å². The van der Waals surface area contributed by atoms with Crippen molar-refractivity contribution in [1.82, 2.24) is 9.97 Å². The highest BCUT2D eigenvalue weighted by Gasteiger charge is 2.08. The second-order valence-electron chi connectivity index (χ2n) is 5.31. The van der Waals surface area contributed by atoms with Crippen molar-refractivity contribution in [2.24, 2.45) is 5.73 Å². The standard InChI is InChI=1S/C18H16N4O2/c1-11-16(17(19)24)10-20-18(21-11)22-14-6-2-4-12(8-14)13-5-3-7-15(23)9-13/h2-10,23H,1H3,(H2,19,24)(H,20,21,22). The van der Waals surface area contributed by atoms with E-state index in [4.69, 9.17) is 5.73 Å². The minimum absolute atomic E-state index is 0.215.